The second-order valence-electron chi connectivity index (χ2n) is 4.53. The van der Waals surface area contributed by atoms with Crippen LogP contribution >= 0.6 is 0 Å². The minimum absolute atomic E-state index is 0.0540. The Hall–Kier alpha value is -0.700. The zero-order valence-corrected chi connectivity index (χ0v) is 11.9. The number of nitrogens with one attached hydrogen (secondary N) is 1. The summed E-state index contributed by atoms with van der Waals surface area (Å²) in [6.45, 7) is 2.67. The third-order valence-corrected chi connectivity index (χ3v) is 4.25. The fourth-order valence-corrected chi connectivity index (χ4v) is 2.76. The monoisotopic (exact) mass is 295 g/mol. The Kier molecular flexibility index (Phi) is 6.18. The van der Waals surface area contributed by atoms with Gasteiger partial charge in [0.2, 0.25) is 10.0 Å². The fourth-order valence-electron chi connectivity index (χ4n) is 1.70. The van der Waals surface area contributed by atoms with Crippen molar-refractivity contribution >= 4 is 16.0 Å². The van der Waals surface area contributed by atoms with Crippen molar-refractivity contribution in [2.45, 2.75) is 31.8 Å². The highest BCUT2D eigenvalue weighted by atomic mass is 32.2. The van der Waals surface area contributed by atoms with E-state index in [0.717, 1.165) is 0 Å². The first-order valence-electron chi connectivity index (χ1n) is 6.30. The summed E-state index contributed by atoms with van der Waals surface area (Å²) in [6, 6.07) is 0. The lowest BCUT2D eigenvalue weighted by Crippen LogP contribution is -2.47. The molecule has 1 rings (SSSR count). The first-order valence-corrected chi connectivity index (χ1v) is 7.95. The Balaban J connectivity index is 2.35. The minimum atomic E-state index is -3.58. The number of sulfonamides is 1. The van der Waals surface area contributed by atoms with Crippen LogP contribution in [0.25, 0.3) is 0 Å². The van der Waals surface area contributed by atoms with Crippen molar-refractivity contribution in [1.29, 1.82) is 0 Å². The summed E-state index contributed by atoms with van der Waals surface area (Å²) in [7, 11) is -3.58. The number of hydrogen-bond acceptors (Lipinski definition) is 6. The normalized spacial score (nSPS) is 19.1. The van der Waals surface area contributed by atoms with Crippen molar-refractivity contribution in [3.8, 4) is 0 Å². The molecular formula is C11H21NO6S. The Morgan fingerprint density at radius 3 is 2.63 bits per heavy atom. The maximum Gasteiger partial charge on any atom is 0.306 e. The molecule has 19 heavy (non-hydrogen) atoms. The van der Waals surface area contributed by atoms with Gasteiger partial charge in [-0.05, 0) is 6.92 Å². The highest BCUT2D eigenvalue weighted by Crippen LogP contribution is 2.19. The zero-order valence-electron chi connectivity index (χ0n) is 11.1. The molecule has 1 heterocycles. The molecule has 1 fully saturated rings. The van der Waals surface area contributed by atoms with Crippen LogP contribution in [0.4, 0.5) is 0 Å². The summed E-state index contributed by atoms with van der Waals surface area (Å²) in [5, 5.41) is 10.1. The lowest BCUT2D eigenvalue weighted by atomic mass is 9.95. The Morgan fingerprint density at radius 2 is 2.05 bits per heavy atom. The molecule has 0 radical (unpaired) electrons. The second kappa shape index (κ2) is 7.18. The lowest BCUT2D eigenvalue weighted by molar-refractivity contribution is -0.142. The maximum absolute atomic E-state index is 11.7. The highest BCUT2D eigenvalue weighted by molar-refractivity contribution is 7.89. The summed E-state index contributed by atoms with van der Waals surface area (Å²) < 4.78 is 35.4. The highest BCUT2D eigenvalue weighted by Gasteiger charge is 2.31. The molecule has 112 valence electrons. The number of ether oxygens (including phenoxy) is 2. The van der Waals surface area contributed by atoms with Crippen LogP contribution in [-0.4, -0.2) is 57.2 Å². The number of carbonyl (C=O) groups is 1. The molecule has 0 amide bonds. The van der Waals surface area contributed by atoms with Gasteiger partial charge in [0.1, 0.15) is 0 Å². The van der Waals surface area contributed by atoms with Crippen molar-refractivity contribution in [2.24, 2.45) is 0 Å². The molecule has 0 aromatic carbocycles. The average Bonchev–Trinajstić information content (AvgIpc) is 2.36. The van der Waals surface area contributed by atoms with Gasteiger partial charge in [0.05, 0.1) is 24.4 Å². The number of esters is 1. The van der Waals surface area contributed by atoms with Crippen molar-refractivity contribution in [3.05, 3.63) is 0 Å². The van der Waals surface area contributed by atoms with Crippen molar-refractivity contribution in [1.82, 2.24) is 4.72 Å². The molecule has 0 spiro atoms. The molecule has 0 bridgehead atoms. The number of rotatable bonds is 7. The van der Waals surface area contributed by atoms with Crippen molar-refractivity contribution in [2.75, 3.05) is 32.1 Å². The van der Waals surface area contributed by atoms with E-state index in [0.29, 0.717) is 26.1 Å². The van der Waals surface area contributed by atoms with Gasteiger partial charge >= 0.3 is 5.97 Å². The van der Waals surface area contributed by atoms with Crippen LogP contribution in [0.15, 0.2) is 0 Å². The van der Waals surface area contributed by atoms with E-state index in [4.69, 9.17) is 4.74 Å². The van der Waals surface area contributed by atoms with E-state index >= 15 is 0 Å². The van der Waals surface area contributed by atoms with Crippen molar-refractivity contribution in [3.63, 3.8) is 0 Å². The molecule has 0 aliphatic carbocycles. The third-order valence-electron chi connectivity index (χ3n) is 2.92. The average molecular weight is 295 g/mol. The molecule has 1 aliphatic heterocycles. The molecule has 1 saturated heterocycles. The van der Waals surface area contributed by atoms with Crippen LogP contribution in [0.2, 0.25) is 0 Å². The number of hydrogen-bond donors (Lipinski definition) is 2. The zero-order chi connectivity index (χ0) is 14.4. The summed E-state index contributed by atoms with van der Waals surface area (Å²) >= 11 is 0. The molecule has 2 N–H and O–H groups in total. The summed E-state index contributed by atoms with van der Waals surface area (Å²) in [4.78, 5) is 11.1. The lowest BCUT2D eigenvalue weighted by Gasteiger charge is -2.31. The van der Waals surface area contributed by atoms with E-state index in [1.807, 2.05) is 0 Å². The summed E-state index contributed by atoms with van der Waals surface area (Å²) in [5.74, 6) is -0.879. The van der Waals surface area contributed by atoms with Crippen LogP contribution in [0.3, 0.4) is 0 Å². The molecule has 1 aliphatic rings. The predicted molar refractivity (Wildman–Crippen MR) is 68.0 cm³/mol. The standard InChI is InChI=1S/C11H21NO6S/c1-2-18-10(13)3-8-19(15,16)12-9-11(14)4-6-17-7-5-11/h12,14H,2-9H2,1H3. The maximum atomic E-state index is 11.7. The first-order chi connectivity index (χ1) is 8.87. The van der Waals surface area contributed by atoms with Gasteiger partial charge in [-0.1, -0.05) is 0 Å². The van der Waals surface area contributed by atoms with E-state index in [-0.39, 0.29) is 25.3 Å². The molecule has 0 unspecified atom stereocenters. The van der Waals surface area contributed by atoms with Gasteiger partial charge in [-0.3, -0.25) is 4.79 Å². The van der Waals surface area contributed by atoms with E-state index in [9.17, 15) is 18.3 Å². The van der Waals surface area contributed by atoms with Gasteiger partial charge < -0.3 is 14.6 Å². The largest absolute Gasteiger partial charge is 0.466 e. The Bertz CT molecular complexity index is 388. The smallest absolute Gasteiger partial charge is 0.306 e. The van der Waals surface area contributed by atoms with Gasteiger partial charge in [0, 0.05) is 32.6 Å². The first kappa shape index (κ1) is 16.4. The fraction of sp³-hybridized carbons (Fsp3) is 0.909. The van der Waals surface area contributed by atoms with Crippen LogP contribution in [0.5, 0.6) is 0 Å². The molecule has 0 saturated carbocycles. The van der Waals surface area contributed by atoms with E-state index in [1.54, 1.807) is 6.92 Å². The SMILES string of the molecule is CCOC(=O)CCS(=O)(=O)NCC1(O)CCOCC1. The topological polar surface area (TPSA) is 102 Å². The molecular weight excluding hydrogens is 274 g/mol. The molecule has 8 heteroatoms. The van der Waals surface area contributed by atoms with Crippen LogP contribution in [-0.2, 0) is 24.3 Å². The Morgan fingerprint density at radius 1 is 1.42 bits per heavy atom. The minimum Gasteiger partial charge on any atom is -0.466 e. The van der Waals surface area contributed by atoms with Gasteiger partial charge in [-0.2, -0.15) is 0 Å². The number of carbonyl (C=O) groups excluding carboxylic acids is 1. The molecule has 0 aromatic rings. The van der Waals surface area contributed by atoms with E-state index < -0.39 is 21.6 Å². The van der Waals surface area contributed by atoms with E-state index in [2.05, 4.69) is 9.46 Å². The predicted octanol–water partition coefficient (Wildman–Crippen LogP) is -0.599. The third kappa shape index (κ3) is 6.33. The Labute approximate surface area is 113 Å². The quantitative estimate of drug-likeness (QED) is 0.608. The van der Waals surface area contributed by atoms with Crippen LogP contribution in [0.1, 0.15) is 26.2 Å². The van der Waals surface area contributed by atoms with Gasteiger partial charge in [0.25, 0.3) is 0 Å². The molecule has 0 aromatic heterocycles. The van der Waals surface area contributed by atoms with E-state index in [1.165, 1.54) is 0 Å². The second-order valence-corrected chi connectivity index (χ2v) is 6.46. The van der Waals surface area contributed by atoms with Crippen LogP contribution < -0.4 is 4.72 Å². The molecule has 7 nitrogen and oxygen atoms in total. The summed E-state index contributed by atoms with van der Waals surface area (Å²) in [6.07, 6.45) is 0.603. The van der Waals surface area contributed by atoms with Gasteiger partial charge in [-0.25, -0.2) is 13.1 Å². The van der Waals surface area contributed by atoms with Gasteiger partial charge in [0.15, 0.2) is 0 Å². The van der Waals surface area contributed by atoms with Crippen molar-refractivity contribution < 1.29 is 27.8 Å². The summed E-state index contributed by atoms with van der Waals surface area (Å²) in [5.41, 5.74) is -1.06. The number of aliphatic hydroxyl groups is 1. The molecule has 0 atom stereocenters. The van der Waals surface area contributed by atoms with Crippen LogP contribution in [0, 0.1) is 0 Å². The van der Waals surface area contributed by atoms with Gasteiger partial charge in [-0.15, -0.1) is 0 Å².